The summed E-state index contributed by atoms with van der Waals surface area (Å²) in [7, 11) is 0. The van der Waals surface area contributed by atoms with E-state index in [1.165, 1.54) is 0 Å². The summed E-state index contributed by atoms with van der Waals surface area (Å²) in [5.74, 6) is 0.303. The molecule has 8 heavy (non-hydrogen) atoms. The SMILES string of the molecule is N#CC1CCC(S)C1. The first-order chi connectivity index (χ1) is 3.83. The Balaban J connectivity index is 2.35. The van der Waals surface area contributed by atoms with Crippen LogP contribution in [0.5, 0.6) is 0 Å². The Kier molecular flexibility index (Phi) is 1.80. The molecule has 2 atom stereocenters. The molecule has 0 aliphatic heterocycles. The molecule has 1 aliphatic rings. The average Bonchev–Trinajstić information content (AvgIpc) is 2.14. The maximum absolute atomic E-state index is 8.40. The summed E-state index contributed by atoms with van der Waals surface area (Å²) in [4.78, 5) is 0. The normalized spacial score (nSPS) is 37.0. The van der Waals surface area contributed by atoms with Crippen LogP contribution in [-0.4, -0.2) is 5.25 Å². The van der Waals surface area contributed by atoms with Gasteiger partial charge in [-0.15, -0.1) is 0 Å². The topological polar surface area (TPSA) is 23.8 Å². The van der Waals surface area contributed by atoms with E-state index in [1.54, 1.807) is 0 Å². The monoisotopic (exact) mass is 127 g/mol. The molecular formula is C6H9NS. The maximum atomic E-state index is 8.40. The number of rotatable bonds is 0. The molecule has 0 aromatic carbocycles. The van der Waals surface area contributed by atoms with Gasteiger partial charge in [-0.2, -0.15) is 17.9 Å². The second kappa shape index (κ2) is 2.41. The Morgan fingerprint density at radius 2 is 2.25 bits per heavy atom. The van der Waals surface area contributed by atoms with E-state index in [1.807, 2.05) is 0 Å². The molecule has 0 radical (unpaired) electrons. The van der Waals surface area contributed by atoms with Crippen LogP contribution in [0.1, 0.15) is 19.3 Å². The van der Waals surface area contributed by atoms with Crippen LogP contribution in [0, 0.1) is 17.2 Å². The molecule has 0 heterocycles. The van der Waals surface area contributed by atoms with Gasteiger partial charge in [0.15, 0.2) is 0 Å². The first-order valence-electron chi connectivity index (χ1n) is 2.90. The number of nitrogens with zero attached hydrogens (tertiary/aromatic N) is 1. The number of hydrogen-bond acceptors (Lipinski definition) is 2. The lowest BCUT2D eigenvalue weighted by molar-refractivity contribution is 0.703. The number of hydrogen-bond donors (Lipinski definition) is 1. The average molecular weight is 127 g/mol. The lowest BCUT2D eigenvalue weighted by atomic mass is 10.1. The van der Waals surface area contributed by atoms with Crippen molar-refractivity contribution >= 4 is 12.6 Å². The highest BCUT2D eigenvalue weighted by atomic mass is 32.1. The molecule has 1 rings (SSSR count). The fourth-order valence-electron chi connectivity index (χ4n) is 1.07. The summed E-state index contributed by atoms with van der Waals surface area (Å²) in [6.45, 7) is 0. The zero-order valence-electron chi connectivity index (χ0n) is 4.67. The molecule has 44 valence electrons. The highest BCUT2D eigenvalue weighted by molar-refractivity contribution is 7.80. The molecule has 0 N–H and O–H groups in total. The van der Waals surface area contributed by atoms with Crippen LogP contribution >= 0.6 is 12.6 Å². The Bertz CT molecular complexity index is 116. The van der Waals surface area contributed by atoms with Gasteiger partial charge in [-0.3, -0.25) is 0 Å². The highest BCUT2D eigenvalue weighted by Gasteiger charge is 2.20. The van der Waals surface area contributed by atoms with Gasteiger partial charge in [-0.1, -0.05) is 0 Å². The van der Waals surface area contributed by atoms with E-state index in [9.17, 15) is 0 Å². The lowest BCUT2D eigenvalue weighted by Gasteiger charge is -1.93. The van der Waals surface area contributed by atoms with Crippen molar-refractivity contribution in [3.8, 4) is 6.07 Å². The molecule has 0 amide bonds. The fourth-order valence-corrected chi connectivity index (χ4v) is 1.48. The molecule has 0 spiro atoms. The molecule has 1 nitrogen and oxygen atoms in total. The Morgan fingerprint density at radius 3 is 2.50 bits per heavy atom. The Labute approximate surface area is 55.1 Å². The van der Waals surface area contributed by atoms with E-state index < -0.39 is 0 Å². The van der Waals surface area contributed by atoms with E-state index in [-0.39, 0.29) is 0 Å². The van der Waals surface area contributed by atoms with Gasteiger partial charge in [-0.25, -0.2) is 0 Å². The van der Waals surface area contributed by atoms with Crippen molar-refractivity contribution in [2.75, 3.05) is 0 Å². The van der Waals surface area contributed by atoms with E-state index in [0.29, 0.717) is 11.2 Å². The third kappa shape index (κ3) is 1.16. The standard InChI is InChI=1S/C6H9NS/c7-4-5-1-2-6(8)3-5/h5-6,8H,1-3H2. The summed E-state index contributed by atoms with van der Waals surface area (Å²) in [6.07, 6.45) is 3.19. The van der Waals surface area contributed by atoms with Crippen molar-refractivity contribution in [1.82, 2.24) is 0 Å². The van der Waals surface area contributed by atoms with Crippen molar-refractivity contribution in [3.05, 3.63) is 0 Å². The predicted octanol–water partition coefficient (Wildman–Crippen LogP) is 1.61. The van der Waals surface area contributed by atoms with E-state index in [0.717, 1.165) is 19.3 Å². The first-order valence-corrected chi connectivity index (χ1v) is 3.42. The van der Waals surface area contributed by atoms with Gasteiger partial charge in [0.05, 0.1) is 6.07 Å². The molecule has 1 fully saturated rings. The fraction of sp³-hybridized carbons (Fsp3) is 0.833. The van der Waals surface area contributed by atoms with Gasteiger partial charge in [0, 0.05) is 11.2 Å². The smallest absolute Gasteiger partial charge is 0.0656 e. The van der Waals surface area contributed by atoms with E-state index >= 15 is 0 Å². The van der Waals surface area contributed by atoms with Crippen LogP contribution in [0.2, 0.25) is 0 Å². The number of nitriles is 1. The third-order valence-corrected chi connectivity index (χ3v) is 2.06. The van der Waals surface area contributed by atoms with Gasteiger partial charge in [0.2, 0.25) is 0 Å². The Morgan fingerprint density at radius 1 is 1.50 bits per heavy atom. The van der Waals surface area contributed by atoms with Crippen LogP contribution in [0.15, 0.2) is 0 Å². The van der Waals surface area contributed by atoms with Crippen LogP contribution < -0.4 is 0 Å². The summed E-state index contributed by atoms with van der Waals surface area (Å²) >= 11 is 4.25. The second-order valence-electron chi connectivity index (χ2n) is 2.29. The van der Waals surface area contributed by atoms with Gasteiger partial charge in [0.1, 0.15) is 0 Å². The Hall–Kier alpha value is -0.160. The van der Waals surface area contributed by atoms with Gasteiger partial charge < -0.3 is 0 Å². The molecule has 0 aromatic rings. The minimum atomic E-state index is 0.303. The summed E-state index contributed by atoms with van der Waals surface area (Å²) in [6, 6.07) is 2.25. The molecule has 0 aromatic heterocycles. The molecule has 1 aliphatic carbocycles. The molecule has 0 saturated heterocycles. The van der Waals surface area contributed by atoms with Gasteiger partial charge in [-0.05, 0) is 19.3 Å². The highest BCUT2D eigenvalue weighted by Crippen LogP contribution is 2.27. The van der Waals surface area contributed by atoms with Crippen molar-refractivity contribution in [2.45, 2.75) is 24.5 Å². The van der Waals surface area contributed by atoms with Gasteiger partial charge in [0.25, 0.3) is 0 Å². The molecule has 0 bridgehead atoms. The quantitative estimate of drug-likeness (QED) is 0.491. The first kappa shape index (κ1) is 5.97. The zero-order chi connectivity index (χ0) is 5.98. The number of thiol groups is 1. The third-order valence-electron chi connectivity index (χ3n) is 1.59. The maximum Gasteiger partial charge on any atom is 0.0656 e. The molecule has 2 heteroatoms. The van der Waals surface area contributed by atoms with Crippen molar-refractivity contribution in [1.29, 1.82) is 5.26 Å². The zero-order valence-corrected chi connectivity index (χ0v) is 5.56. The largest absolute Gasteiger partial charge is 0.198 e. The minimum Gasteiger partial charge on any atom is -0.198 e. The van der Waals surface area contributed by atoms with Crippen LogP contribution in [0.3, 0.4) is 0 Å². The van der Waals surface area contributed by atoms with E-state index in [2.05, 4.69) is 18.7 Å². The van der Waals surface area contributed by atoms with Crippen molar-refractivity contribution in [2.24, 2.45) is 5.92 Å². The molecular weight excluding hydrogens is 118 g/mol. The summed E-state index contributed by atoms with van der Waals surface area (Å²) in [5, 5.41) is 8.90. The lowest BCUT2D eigenvalue weighted by Crippen LogP contribution is -1.90. The van der Waals surface area contributed by atoms with Crippen LogP contribution in [-0.2, 0) is 0 Å². The van der Waals surface area contributed by atoms with Crippen LogP contribution in [0.25, 0.3) is 0 Å². The van der Waals surface area contributed by atoms with Crippen molar-refractivity contribution < 1.29 is 0 Å². The predicted molar refractivity (Wildman–Crippen MR) is 35.7 cm³/mol. The van der Waals surface area contributed by atoms with E-state index in [4.69, 9.17) is 5.26 Å². The second-order valence-corrected chi connectivity index (χ2v) is 3.02. The molecule has 1 saturated carbocycles. The van der Waals surface area contributed by atoms with Crippen LogP contribution in [0.4, 0.5) is 0 Å². The van der Waals surface area contributed by atoms with Gasteiger partial charge >= 0.3 is 0 Å². The minimum absolute atomic E-state index is 0.303. The molecule has 2 unspecified atom stereocenters. The summed E-state index contributed by atoms with van der Waals surface area (Å²) in [5.41, 5.74) is 0. The summed E-state index contributed by atoms with van der Waals surface area (Å²) < 4.78 is 0. The van der Waals surface area contributed by atoms with Crippen molar-refractivity contribution in [3.63, 3.8) is 0 Å².